The molecule has 0 saturated heterocycles. The summed E-state index contributed by atoms with van der Waals surface area (Å²) in [5.41, 5.74) is 4.80. The quantitative estimate of drug-likeness (QED) is 0.672. The van der Waals surface area contributed by atoms with E-state index < -0.39 is 0 Å². The predicted molar refractivity (Wildman–Crippen MR) is 68.5 cm³/mol. The second kappa shape index (κ2) is 3.04. The molecule has 1 atom stereocenters. The summed E-state index contributed by atoms with van der Waals surface area (Å²) in [5.74, 6) is 1.70. The lowest BCUT2D eigenvalue weighted by atomic mass is 9.69. The van der Waals surface area contributed by atoms with Crippen LogP contribution in [0.2, 0.25) is 0 Å². The zero-order valence-corrected chi connectivity index (χ0v) is 11.4. The molecule has 0 aromatic carbocycles. The van der Waals surface area contributed by atoms with Crippen LogP contribution in [0, 0.1) is 16.7 Å². The summed E-state index contributed by atoms with van der Waals surface area (Å²) in [6, 6.07) is 0. The van der Waals surface area contributed by atoms with E-state index in [2.05, 4.69) is 39.8 Å². The van der Waals surface area contributed by atoms with E-state index in [0.717, 1.165) is 12.2 Å². The molecular weight excluding hydrogens is 210 g/mol. The average molecular weight is 231 g/mol. The molecule has 2 aliphatic carbocycles. The molecule has 1 aromatic heterocycles. The summed E-state index contributed by atoms with van der Waals surface area (Å²) in [6.45, 7) is 11.8. The van der Waals surface area contributed by atoms with Gasteiger partial charge in [-0.05, 0) is 29.6 Å². The van der Waals surface area contributed by atoms with Gasteiger partial charge in [0.2, 0.25) is 0 Å². The zero-order chi connectivity index (χ0) is 12.4. The van der Waals surface area contributed by atoms with Crippen molar-refractivity contribution >= 4 is 5.57 Å². The van der Waals surface area contributed by atoms with E-state index >= 15 is 0 Å². The van der Waals surface area contributed by atoms with Crippen LogP contribution in [0.15, 0.2) is 16.3 Å². The van der Waals surface area contributed by atoms with E-state index in [-0.39, 0.29) is 10.8 Å². The first-order valence-electron chi connectivity index (χ1n) is 6.55. The first-order valence-corrected chi connectivity index (χ1v) is 6.55. The van der Waals surface area contributed by atoms with Crippen LogP contribution in [-0.2, 0) is 6.42 Å². The zero-order valence-electron chi connectivity index (χ0n) is 11.4. The highest BCUT2D eigenvalue weighted by molar-refractivity contribution is 5.77. The van der Waals surface area contributed by atoms with E-state index in [1.807, 2.05) is 6.20 Å². The number of fused-ring (bicyclic) bond motifs is 2. The lowest BCUT2D eigenvalue weighted by molar-refractivity contribution is 0.197. The molecule has 0 amide bonds. The van der Waals surface area contributed by atoms with Crippen LogP contribution in [0.4, 0.5) is 0 Å². The molecule has 17 heavy (non-hydrogen) atoms. The van der Waals surface area contributed by atoms with Crippen LogP contribution in [0.3, 0.4) is 0 Å². The van der Waals surface area contributed by atoms with Gasteiger partial charge in [0, 0.05) is 11.1 Å². The van der Waals surface area contributed by atoms with E-state index in [1.54, 1.807) is 5.57 Å². The first-order chi connectivity index (χ1) is 7.87. The van der Waals surface area contributed by atoms with Gasteiger partial charge >= 0.3 is 0 Å². The van der Waals surface area contributed by atoms with Crippen LogP contribution in [0.1, 0.15) is 52.4 Å². The van der Waals surface area contributed by atoms with Gasteiger partial charge in [0.25, 0.3) is 0 Å². The Morgan fingerprint density at radius 2 is 1.88 bits per heavy atom. The predicted octanol–water partition coefficient (Wildman–Crippen LogP) is 4.08. The molecule has 0 fully saturated rings. The Kier molecular flexibility index (Phi) is 1.98. The van der Waals surface area contributed by atoms with Gasteiger partial charge in [0.15, 0.2) is 5.76 Å². The van der Waals surface area contributed by atoms with Crippen molar-refractivity contribution in [3.63, 3.8) is 0 Å². The maximum Gasteiger partial charge on any atom is 0.166 e. The molecule has 0 saturated carbocycles. The van der Waals surface area contributed by atoms with Crippen molar-refractivity contribution in [2.75, 3.05) is 0 Å². The normalized spacial score (nSPS) is 29.1. The Morgan fingerprint density at radius 3 is 2.59 bits per heavy atom. The topological polar surface area (TPSA) is 26.0 Å². The molecule has 0 N–H and O–H groups in total. The molecule has 1 heterocycles. The van der Waals surface area contributed by atoms with Gasteiger partial charge in [-0.15, -0.1) is 0 Å². The molecule has 2 nitrogen and oxygen atoms in total. The average Bonchev–Trinajstić information content (AvgIpc) is 2.77. The number of rotatable bonds is 0. The van der Waals surface area contributed by atoms with E-state index in [9.17, 15) is 0 Å². The summed E-state index contributed by atoms with van der Waals surface area (Å²) >= 11 is 0. The highest BCUT2D eigenvalue weighted by Gasteiger charge is 2.52. The Balaban J connectivity index is 2.27. The van der Waals surface area contributed by atoms with Crippen LogP contribution in [0.25, 0.3) is 5.57 Å². The van der Waals surface area contributed by atoms with Gasteiger partial charge in [-0.1, -0.05) is 45.3 Å². The molecule has 3 rings (SSSR count). The third-order valence-corrected chi connectivity index (χ3v) is 5.40. The van der Waals surface area contributed by atoms with Crippen LogP contribution < -0.4 is 0 Å². The molecule has 0 spiro atoms. The van der Waals surface area contributed by atoms with Crippen molar-refractivity contribution in [1.29, 1.82) is 0 Å². The van der Waals surface area contributed by atoms with Gasteiger partial charge in [-0.3, -0.25) is 0 Å². The fraction of sp³-hybridized carbons (Fsp3) is 0.667. The number of hydrogen-bond donors (Lipinski definition) is 0. The van der Waals surface area contributed by atoms with Crippen molar-refractivity contribution in [1.82, 2.24) is 5.16 Å². The summed E-state index contributed by atoms with van der Waals surface area (Å²) in [5, 5.41) is 3.99. The number of hydrogen-bond acceptors (Lipinski definition) is 2. The van der Waals surface area contributed by atoms with E-state index in [1.165, 1.54) is 17.6 Å². The third-order valence-electron chi connectivity index (χ3n) is 5.40. The van der Waals surface area contributed by atoms with Gasteiger partial charge < -0.3 is 4.52 Å². The Morgan fingerprint density at radius 1 is 1.18 bits per heavy atom. The van der Waals surface area contributed by atoms with Crippen molar-refractivity contribution in [2.45, 2.75) is 47.5 Å². The summed E-state index contributed by atoms with van der Waals surface area (Å²) < 4.78 is 5.54. The third kappa shape index (κ3) is 1.19. The molecule has 2 heteroatoms. The Bertz CT molecular complexity index is 505. The number of nitrogens with zero attached hydrogens (tertiary/aromatic N) is 1. The Labute approximate surface area is 103 Å². The second-order valence-electron chi connectivity index (χ2n) is 6.70. The molecule has 0 bridgehead atoms. The van der Waals surface area contributed by atoms with Crippen LogP contribution in [-0.4, -0.2) is 5.16 Å². The van der Waals surface area contributed by atoms with Gasteiger partial charge in [0.1, 0.15) is 0 Å². The second-order valence-corrected chi connectivity index (χ2v) is 6.70. The summed E-state index contributed by atoms with van der Waals surface area (Å²) in [4.78, 5) is 0. The summed E-state index contributed by atoms with van der Waals surface area (Å²) in [7, 11) is 0. The minimum Gasteiger partial charge on any atom is -0.356 e. The van der Waals surface area contributed by atoms with Crippen molar-refractivity contribution in [2.24, 2.45) is 16.7 Å². The fourth-order valence-electron chi connectivity index (χ4n) is 3.87. The van der Waals surface area contributed by atoms with Gasteiger partial charge in [-0.2, -0.15) is 0 Å². The molecule has 2 aliphatic rings. The van der Waals surface area contributed by atoms with Gasteiger partial charge in [0.05, 0.1) is 6.20 Å². The van der Waals surface area contributed by atoms with Crippen molar-refractivity contribution in [3.8, 4) is 0 Å². The maximum absolute atomic E-state index is 5.54. The molecule has 0 aliphatic heterocycles. The first kappa shape index (κ1) is 11.1. The number of allylic oxidation sites excluding steroid dienone is 2. The molecule has 92 valence electrons. The summed E-state index contributed by atoms with van der Waals surface area (Å²) in [6.07, 6.45) is 4.15. The van der Waals surface area contributed by atoms with Crippen molar-refractivity contribution < 1.29 is 4.52 Å². The fourth-order valence-corrected chi connectivity index (χ4v) is 3.87. The highest BCUT2D eigenvalue weighted by atomic mass is 16.5. The monoisotopic (exact) mass is 231 g/mol. The number of aromatic nitrogens is 1. The van der Waals surface area contributed by atoms with Crippen LogP contribution >= 0.6 is 0 Å². The molecule has 1 aromatic rings. The minimum absolute atomic E-state index is 0.188. The maximum atomic E-state index is 5.54. The molecule has 1 unspecified atom stereocenters. The van der Waals surface area contributed by atoms with E-state index in [0.29, 0.717) is 5.92 Å². The largest absolute Gasteiger partial charge is 0.356 e. The van der Waals surface area contributed by atoms with Crippen LogP contribution in [0.5, 0.6) is 0 Å². The smallest absolute Gasteiger partial charge is 0.166 e. The van der Waals surface area contributed by atoms with Gasteiger partial charge in [-0.25, -0.2) is 0 Å². The highest BCUT2D eigenvalue weighted by Crippen LogP contribution is 2.62. The van der Waals surface area contributed by atoms with E-state index in [4.69, 9.17) is 4.52 Å². The lowest BCUT2D eigenvalue weighted by Crippen LogP contribution is -2.27. The number of aryl methyl sites for hydroxylation is 1. The lowest BCUT2D eigenvalue weighted by Gasteiger charge is -2.34. The molecule has 0 radical (unpaired) electrons. The SMILES string of the molecule is CC1C(C)(C)C2=C(c3oncc3CC2)C1(C)C. The molecular formula is C15H21NO. The van der Waals surface area contributed by atoms with Crippen molar-refractivity contribution in [3.05, 3.63) is 23.1 Å². The standard InChI is InChI=1S/C15H21NO/c1-9-14(2,3)11-7-6-10-8-16-17-13(10)12(11)15(9,4)5/h8-9H,6-7H2,1-5H3. The minimum atomic E-state index is 0.188. The Hall–Kier alpha value is -1.05.